The summed E-state index contributed by atoms with van der Waals surface area (Å²) in [5.74, 6) is -0.527. The van der Waals surface area contributed by atoms with E-state index >= 15 is 0 Å². The third-order valence-electron chi connectivity index (χ3n) is 2.71. The molecule has 6 heteroatoms. The number of carbonyl (C=O) groups is 1. The van der Waals surface area contributed by atoms with Gasteiger partial charge in [0.2, 0.25) is 10.0 Å². The molecule has 106 valence electrons. The average Bonchev–Trinajstić information content (AvgIpc) is 2.33. The fraction of sp³-hybridized carbons (Fsp3) is 0.462. The molecule has 0 bridgehead atoms. The van der Waals surface area contributed by atoms with Crippen LogP contribution in [0.1, 0.15) is 42.1 Å². The second-order valence-corrected chi connectivity index (χ2v) is 5.90. The lowest BCUT2D eigenvalue weighted by Crippen LogP contribution is -2.15. The lowest BCUT2D eigenvalue weighted by atomic mass is 10.1. The molecule has 0 amide bonds. The monoisotopic (exact) mass is 285 g/mol. The maximum absolute atomic E-state index is 11.7. The van der Waals surface area contributed by atoms with Gasteiger partial charge >= 0.3 is 5.97 Å². The quantitative estimate of drug-likeness (QED) is 0.639. The summed E-state index contributed by atoms with van der Waals surface area (Å²) in [7, 11) is -3.83. The van der Waals surface area contributed by atoms with Crippen molar-refractivity contribution < 1.29 is 17.9 Å². The zero-order chi connectivity index (χ0) is 14.5. The SMILES string of the molecule is CCCCCOC(=O)c1ccc(C)c(S(N)(=O)=O)c1. The molecule has 0 unspecified atom stereocenters. The second kappa shape index (κ2) is 6.68. The van der Waals surface area contributed by atoms with E-state index in [1.54, 1.807) is 13.0 Å². The van der Waals surface area contributed by atoms with Gasteiger partial charge in [-0.05, 0) is 31.0 Å². The smallest absolute Gasteiger partial charge is 0.338 e. The van der Waals surface area contributed by atoms with Crippen LogP contribution in [0.2, 0.25) is 0 Å². The second-order valence-electron chi connectivity index (χ2n) is 4.37. The van der Waals surface area contributed by atoms with E-state index < -0.39 is 16.0 Å². The summed E-state index contributed by atoms with van der Waals surface area (Å²) >= 11 is 0. The van der Waals surface area contributed by atoms with Gasteiger partial charge in [0.05, 0.1) is 17.1 Å². The topological polar surface area (TPSA) is 86.5 Å². The van der Waals surface area contributed by atoms with Crippen molar-refractivity contribution in [1.82, 2.24) is 0 Å². The van der Waals surface area contributed by atoms with Crippen molar-refractivity contribution in [3.63, 3.8) is 0 Å². The first kappa shape index (κ1) is 15.7. The molecule has 0 aliphatic rings. The van der Waals surface area contributed by atoms with Crippen LogP contribution in [0.5, 0.6) is 0 Å². The van der Waals surface area contributed by atoms with Crippen molar-refractivity contribution in [3.8, 4) is 0 Å². The highest BCUT2D eigenvalue weighted by Gasteiger charge is 2.15. The predicted molar refractivity (Wildman–Crippen MR) is 72.4 cm³/mol. The van der Waals surface area contributed by atoms with Crippen molar-refractivity contribution in [3.05, 3.63) is 29.3 Å². The van der Waals surface area contributed by atoms with Crippen LogP contribution < -0.4 is 5.14 Å². The van der Waals surface area contributed by atoms with E-state index in [0.29, 0.717) is 12.2 Å². The zero-order valence-corrected chi connectivity index (χ0v) is 12.0. The maximum Gasteiger partial charge on any atom is 0.338 e. The molecule has 2 N–H and O–H groups in total. The fourth-order valence-corrected chi connectivity index (χ4v) is 2.44. The van der Waals surface area contributed by atoms with E-state index in [0.717, 1.165) is 19.3 Å². The first-order valence-electron chi connectivity index (χ1n) is 6.17. The van der Waals surface area contributed by atoms with E-state index in [1.807, 2.05) is 0 Å². The van der Waals surface area contributed by atoms with Gasteiger partial charge in [-0.25, -0.2) is 18.4 Å². The van der Waals surface area contributed by atoms with E-state index in [-0.39, 0.29) is 10.5 Å². The molecule has 0 aromatic heterocycles. The van der Waals surface area contributed by atoms with E-state index in [2.05, 4.69) is 6.92 Å². The summed E-state index contributed by atoms with van der Waals surface area (Å²) in [4.78, 5) is 11.7. The lowest BCUT2D eigenvalue weighted by Gasteiger charge is -2.07. The summed E-state index contributed by atoms with van der Waals surface area (Å²) in [6.07, 6.45) is 2.83. The van der Waals surface area contributed by atoms with Gasteiger partial charge in [-0.2, -0.15) is 0 Å². The number of esters is 1. The number of sulfonamides is 1. The molecular weight excluding hydrogens is 266 g/mol. The predicted octanol–water partition coefficient (Wildman–Crippen LogP) is 1.99. The number of hydrogen-bond donors (Lipinski definition) is 1. The standard InChI is InChI=1S/C13H19NO4S/c1-3-4-5-8-18-13(15)11-7-6-10(2)12(9-11)19(14,16)17/h6-7,9H,3-5,8H2,1-2H3,(H2,14,16,17). The molecule has 5 nitrogen and oxygen atoms in total. The Balaban J connectivity index is 2.82. The Bertz CT molecular complexity index is 552. The Morgan fingerprint density at radius 3 is 2.58 bits per heavy atom. The van der Waals surface area contributed by atoms with Crippen LogP contribution in [0, 0.1) is 6.92 Å². The summed E-state index contributed by atoms with van der Waals surface area (Å²) in [6.45, 7) is 4.02. The van der Waals surface area contributed by atoms with Crippen LogP contribution in [-0.2, 0) is 14.8 Å². The minimum Gasteiger partial charge on any atom is -0.462 e. The minimum absolute atomic E-state index is 0.0458. The Hall–Kier alpha value is -1.40. The van der Waals surface area contributed by atoms with E-state index in [9.17, 15) is 13.2 Å². The lowest BCUT2D eigenvalue weighted by molar-refractivity contribution is 0.0498. The Morgan fingerprint density at radius 1 is 1.32 bits per heavy atom. The Labute approximate surface area is 113 Å². The van der Waals surface area contributed by atoms with Gasteiger partial charge in [0.25, 0.3) is 0 Å². The molecule has 0 aliphatic carbocycles. The van der Waals surface area contributed by atoms with Gasteiger partial charge in [-0.3, -0.25) is 0 Å². The first-order chi connectivity index (χ1) is 8.86. The maximum atomic E-state index is 11.7. The molecule has 0 radical (unpaired) electrons. The normalized spacial score (nSPS) is 11.3. The molecule has 0 spiro atoms. The molecule has 0 heterocycles. The zero-order valence-electron chi connectivity index (χ0n) is 11.2. The number of nitrogens with two attached hydrogens (primary N) is 1. The highest BCUT2D eigenvalue weighted by atomic mass is 32.2. The van der Waals surface area contributed by atoms with Gasteiger partial charge in [-0.15, -0.1) is 0 Å². The number of rotatable bonds is 6. The van der Waals surface area contributed by atoms with Crippen LogP contribution in [0.4, 0.5) is 0 Å². The summed E-state index contributed by atoms with van der Waals surface area (Å²) in [5.41, 5.74) is 0.705. The number of hydrogen-bond acceptors (Lipinski definition) is 4. The van der Waals surface area contributed by atoms with Crippen molar-refractivity contribution >= 4 is 16.0 Å². The van der Waals surface area contributed by atoms with Gasteiger partial charge < -0.3 is 4.74 Å². The number of ether oxygens (including phenoxy) is 1. The summed E-state index contributed by atoms with van der Waals surface area (Å²) in [5, 5.41) is 5.09. The number of unbranched alkanes of at least 4 members (excludes halogenated alkanes) is 2. The van der Waals surface area contributed by atoms with Crippen LogP contribution in [0.3, 0.4) is 0 Å². The number of aryl methyl sites for hydroxylation is 1. The molecule has 0 atom stereocenters. The highest BCUT2D eigenvalue weighted by molar-refractivity contribution is 7.89. The fourth-order valence-electron chi connectivity index (χ4n) is 1.63. The molecule has 0 aliphatic heterocycles. The van der Waals surface area contributed by atoms with Gasteiger partial charge in [-0.1, -0.05) is 25.8 Å². The Morgan fingerprint density at radius 2 is 2.00 bits per heavy atom. The minimum atomic E-state index is -3.83. The molecule has 1 aromatic carbocycles. The van der Waals surface area contributed by atoms with Gasteiger partial charge in [0, 0.05) is 0 Å². The van der Waals surface area contributed by atoms with Crippen LogP contribution in [-0.4, -0.2) is 21.0 Å². The van der Waals surface area contributed by atoms with Crippen LogP contribution >= 0.6 is 0 Å². The molecular formula is C13H19NO4S. The Kier molecular flexibility index (Phi) is 5.50. The molecule has 0 saturated carbocycles. The van der Waals surface area contributed by atoms with Crippen LogP contribution in [0.15, 0.2) is 23.1 Å². The molecule has 0 fully saturated rings. The van der Waals surface area contributed by atoms with Crippen LogP contribution in [0.25, 0.3) is 0 Å². The summed E-state index contributed by atoms with van der Waals surface area (Å²) in [6, 6.07) is 4.33. The molecule has 1 rings (SSSR count). The number of primary sulfonamides is 1. The van der Waals surface area contributed by atoms with Gasteiger partial charge in [0.15, 0.2) is 0 Å². The first-order valence-corrected chi connectivity index (χ1v) is 7.71. The van der Waals surface area contributed by atoms with E-state index in [1.165, 1.54) is 12.1 Å². The van der Waals surface area contributed by atoms with Crippen molar-refractivity contribution in [2.45, 2.75) is 38.0 Å². The van der Waals surface area contributed by atoms with Crippen molar-refractivity contribution in [1.29, 1.82) is 0 Å². The van der Waals surface area contributed by atoms with Gasteiger partial charge in [0.1, 0.15) is 0 Å². The summed E-state index contributed by atoms with van der Waals surface area (Å²) < 4.78 is 27.8. The van der Waals surface area contributed by atoms with E-state index in [4.69, 9.17) is 9.88 Å². The van der Waals surface area contributed by atoms with Crippen molar-refractivity contribution in [2.75, 3.05) is 6.61 Å². The molecule has 1 aromatic rings. The number of benzene rings is 1. The molecule has 0 saturated heterocycles. The largest absolute Gasteiger partial charge is 0.462 e. The number of carbonyl (C=O) groups excluding carboxylic acids is 1. The third-order valence-corrected chi connectivity index (χ3v) is 3.76. The third kappa shape index (κ3) is 4.65. The highest BCUT2D eigenvalue weighted by Crippen LogP contribution is 2.16. The average molecular weight is 285 g/mol. The van der Waals surface area contributed by atoms with Crippen molar-refractivity contribution in [2.24, 2.45) is 5.14 Å². The molecule has 19 heavy (non-hydrogen) atoms.